The van der Waals surface area contributed by atoms with Gasteiger partial charge in [0.05, 0.1) is 5.71 Å². The van der Waals surface area contributed by atoms with Gasteiger partial charge in [0.2, 0.25) is 0 Å². The highest BCUT2D eigenvalue weighted by molar-refractivity contribution is 6.02. The van der Waals surface area contributed by atoms with E-state index in [0.717, 1.165) is 17.7 Å². The summed E-state index contributed by atoms with van der Waals surface area (Å²) in [6.45, 7) is 2.26. The summed E-state index contributed by atoms with van der Waals surface area (Å²) in [4.78, 5) is 5.41. The molecule has 0 radical (unpaired) electrons. The first-order valence-electron chi connectivity index (χ1n) is 5.76. The zero-order valence-electron chi connectivity index (χ0n) is 9.47. The first kappa shape index (κ1) is 11.1. The van der Waals surface area contributed by atoms with Gasteiger partial charge in [0.1, 0.15) is 6.10 Å². The highest BCUT2D eigenvalue weighted by atomic mass is 16.6. The molecule has 1 aromatic rings. The third-order valence-corrected chi connectivity index (χ3v) is 3.00. The van der Waals surface area contributed by atoms with E-state index >= 15 is 0 Å². The number of hydrogen-bond acceptors (Lipinski definition) is 3. The predicted molar refractivity (Wildman–Crippen MR) is 63.3 cm³/mol. The summed E-state index contributed by atoms with van der Waals surface area (Å²) in [5.41, 5.74) is 2.07. The van der Waals surface area contributed by atoms with Crippen LogP contribution in [-0.4, -0.2) is 23.5 Å². The van der Waals surface area contributed by atoms with Gasteiger partial charge < -0.3 is 9.94 Å². The number of aliphatic hydroxyl groups is 1. The van der Waals surface area contributed by atoms with Crippen LogP contribution in [0.4, 0.5) is 0 Å². The van der Waals surface area contributed by atoms with E-state index in [0.29, 0.717) is 6.42 Å². The van der Waals surface area contributed by atoms with Gasteiger partial charge in [0.15, 0.2) is 0 Å². The Bertz CT molecular complexity index is 361. The molecule has 1 aliphatic heterocycles. The Morgan fingerprint density at radius 1 is 1.31 bits per heavy atom. The number of aliphatic hydroxyl groups excluding tert-OH is 1. The van der Waals surface area contributed by atoms with Crippen LogP contribution in [0.2, 0.25) is 0 Å². The van der Waals surface area contributed by atoms with Crippen molar-refractivity contribution in [2.24, 2.45) is 11.1 Å². The fraction of sp³-hybridized carbons (Fsp3) is 0.462. The van der Waals surface area contributed by atoms with Crippen LogP contribution in [0.15, 0.2) is 35.5 Å². The first-order chi connectivity index (χ1) is 7.86. The van der Waals surface area contributed by atoms with Crippen molar-refractivity contribution in [2.75, 3.05) is 6.61 Å². The minimum absolute atomic E-state index is 0.113. The minimum atomic E-state index is 0.113. The molecule has 1 aromatic carbocycles. The van der Waals surface area contributed by atoms with E-state index in [4.69, 9.17) is 9.94 Å². The van der Waals surface area contributed by atoms with Crippen LogP contribution < -0.4 is 0 Å². The van der Waals surface area contributed by atoms with Gasteiger partial charge in [-0.3, -0.25) is 0 Å². The number of benzene rings is 1. The van der Waals surface area contributed by atoms with E-state index in [1.165, 1.54) is 0 Å². The lowest BCUT2D eigenvalue weighted by molar-refractivity contribution is 0.0529. The molecule has 0 bridgehead atoms. The SMILES string of the molecule is CC[C@H]1ON=C(c2ccccc2)[C@@H]1CCO. The molecule has 0 amide bonds. The maximum atomic E-state index is 9.09. The molecule has 1 N–H and O–H groups in total. The maximum Gasteiger partial charge on any atom is 0.135 e. The van der Waals surface area contributed by atoms with Crippen LogP contribution >= 0.6 is 0 Å². The van der Waals surface area contributed by atoms with Crippen LogP contribution in [0.1, 0.15) is 25.3 Å². The largest absolute Gasteiger partial charge is 0.396 e. The minimum Gasteiger partial charge on any atom is -0.396 e. The van der Waals surface area contributed by atoms with Crippen molar-refractivity contribution < 1.29 is 9.94 Å². The molecular weight excluding hydrogens is 202 g/mol. The average molecular weight is 219 g/mol. The Morgan fingerprint density at radius 3 is 2.69 bits per heavy atom. The molecule has 0 aromatic heterocycles. The van der Waals surface area contributed by atoms with Gasteiger partial charge in [0, 0.05) is 12.5 Å². The molecule has 3 heteroatoms. The quantitative estimate of drug-likeness (QED) is 0.843. The van der Waals surface area contributed by atoms with E-state index in [-0.39, 0.29) is 18.6 Å². The smallest absolute Gasteiger partial charge is 0.135 e. The van der Waals surface area contributed by atoms with Crippen molar-refractivity contribution in [2.45, 2.75) is 25.9 Å². The van der Waals surface area contributed by atoms with Gasteiger partial charge in [-0.15, -0.1) is 0 Å². The van der Waals surface area contributed by atoms with Gasteiger partial charge in [-0.1, -0.05) is 42.4 Å². The lowest BCUT2D eigenvalue weighted by Crippen LogP contribution is -2.24. The highest BCUT2D eigenvalue weighted by Gasteiger charge is 2.32. The average Bonchev–Trinajstić information content (AvgIpc) is 2.74. The molecule has 2 atom stereocenters. The van der Waals surface area contributed by atoms with Gasteiger partial charge in [-0.05, 0) is 18.4 Å². The Balaban J connectivity index is 2.21. The van der Waals surface area contributed by atoms with Crippen LogP contribution in [0.5, 0.6) is 0 Å². The van der Waals surface area contributed by atoms with Gasteiger partial charge in [0.25, 0.3) is 0 Å². The zero-order chi connectivity index (χ0) is 11.4. The summed E-state index contributed by atoms with van der Waals surface area (Å²) < 4.78 is 0. The van der Waals surface area contributed by atoms with Crippen LogP contribution in [-0.2, 0) is 4.84 Å². The standard InChI is InChI=1S/C13H17NO2/c1-2-12-11(8-9-15)13(14-16-12)10-6-4-3-5-7-10/h3-7,11-12,15H,2,8-9H2,1H3/t11-,12-/m1/s1. The van der Waals surface area contributed by atoms with E-state index in [1.54, 1.807) is 0 Å². The number of nitrogens with zero attached hydrogens (tertiary/aromatic N) is 1. The van der Waals surface area contributed by atoms with E-state index in [2.05, 4.69) is 12.1 Å². The fourth-order valence-electron chi connectivity index (χ4n) is 2.14. The number of rotatable bonds is 4. The molecule has 0 saturated heterocycles. The molecular formula is C13H17NO2. The van der Waals surface area contributed by atoms with Crippen LogP contribution in [0.3, 0.4) is 0 Å². The first-order valence-corrected chi connectivity index (χ1v) is 5.76. The molecule has 0 unspecified atom stereocenters. The monoisotopic (exact) mass is 219 g/mol. The van der Waals surface area contributed by atoms with Gasteiger partial charge >= 0.3 is 0 Å². The Kier molecular flexibility index (Phi) is 3.57. The topological polar surface area (TPSA) is 41.8 Å². The highest BCUT2D eigenvalue weighted by Crippen LogP contribution is 2.27. The molecule has 86 valence electrons. The summed E-state index contributed by atoms with van der Waals surface area (Å²) in [6.07, 6.45) is 1.75. The Morgan fingerprint density at radius 2 is 2.06 bits per heavy atom. The van der Waals surface area contributed by atoms with Crippen molar-refractivity contribution in [3.05, 3.63) is 35.9 Å². The van der Waals surface area contributed by atoms with Crippen LogP contribution in [0, 0.1) is 5.92 Å². The summed E-state index contributed by atoms with van der Waals surface area (Å²) in [5, 5.41) is 13.3. The molecule has 1 heterocycles. The molecule has 1 aliphatic rings. The lowest BCUT2D eigenvalue weighted by Gasteiger charge is -2.16. The third-order valence-electron chi connectivity index (χ3n) is 3.00. The van der Waals surface area contributed by atoms with E-state index in [9.17, 15) is 0 Å². The Hall–Kier alpha value is -1.35. The Labute approximate surface area is 95.7 Å². The second-order valence-corrected chi connectivity index (χ2v) is 4.01. The van der Waals surface area contributed by atoms with E-state index in [1.807, 2.05) is 30.3 Å². The van der Waals surface area contributed by atoms with Crippen molar-refractivity contribution in [3.8, 4) is 0 Å². The summed E-state index contributed by atoms with van der Waals surface area (Å²) in [6, 6.07) is 10.0. The molecule has 16 heavy (non-hydrogen) atoms. The van der Waals surface area contributed by atoms with Crippen molar-refractivity contribution >= 4 is 5.71 Å². The van der Waals surface area contributed by atoms with Gasteiger partial charge in [-0.25, -0.2) is 0 Å². The predicted octanol–water partition coefficient (Wildman–Crippen LogP) is 2.20. The third kappa shape index (κ3) is 2.09. The van der Waals surface area contributed by atoms with E-state index < -0.39 is 0 Å². The van der Waals surface area contributed by atoms with Crippen molar-refractivity contribution in [3.63, 3.8) is 0 Å². The summed E-state index contributed by atoms with van der Waals surface area (Å²) >= 11 is 0. The molecule has 0 saturated carbocycles. The second-order valence-electron chi connectivity index (χ2n) is 4.01. The fourth-order valence-corrected chi connectivity index (χ4v) is 2.14. The molecule has 2 rings (SSSR count). The molecule has 3 nitrogen and oxygen atoms in total. The zero-order valence-corrected chi connectivity index (χ0v) is 9.47. The number of hydrogen-bond donors (Lipinski definition) is 1. The normalized spacial score (nSPS) is 24.0. The summed E-state index contributed by atoms with van der Waals surface area (Å²) in [5.74, 6) is 0.220. The number of oxime groups is 1. The summed E-state index contributed by atoms with van der Waals surface area (Å²) in [7, 11) is 0. The van der Waals surface area contributed by atoms with Gasteiger partial charge in [-0.2, -0.15) is 0 Å². The molecule has 0 fully saturated rings. The second kappa shape index (κ2) is 5.12. The van der Waals surface area contributed by atoms with Crippen molar-refractivity contribution in [1.29, 1.82) is 0 Å². The lowest BCUT2D eigenvalue weighted by atomic mass is 9.89. The van der Waals surface area contributed by atoms with Crippen LogP contribution in [0.25, 0.3) is 0 Å². The maximum absolute atomic E-state index is 9.09. The van der Waals surface area contributed by atoms with Crippen molar-refractivity contribution in [1.82, 2.24) is 0 Å². The molecule has 0 aliphatic carbocycles. The molecule has 0 spiro atoms.